The van der Waals surface area contributed by atoms with Gasteiger partial charge in [-0.3, -0.25) is 4.79 Å². The van der Waals surface area contributed by atoms with Crippen molar-refractivity contribution < 1.29 is 19.1 Å². The standard InChI is InChI=1S/C20H23NO4S2/c1-19(2,3)25-18(24)15-12-8-26-9-14(12)27-17(15)21-10-20(11-22)7-5-4-6-13(20)16(21)23/h8-9,11,13H,4-7,10H2,1-3H3. The van der Waals surface area contributed by atoms with E-state index in [-0.39, 0.29) is 11.8 Å². The van der Waals surface area contributed by atoms with E-state index in [1.807, 2.05) is 31.5 Å². The third-order valence-electron chi connectivity index (χ3n) is 5.49. The highest BCUT2D eigenvalue weighted by Crippen LogP contribution is 2.50. The normalized spacial score (nSPS) is 25.7. The molecule has 0 bridgehead atoms. The number of aldehydes is 1. The van der Waals surface area contributed by atoms with Crippen molar-refractivity contribution in [2.45, 2.75) is 52.1 Å². The Bertz CT molecular complexity index is 922. The number of thiophene rings is 2. The molecule has 2 fully saturated rings. The number of anilines is 1. The number of hydrogen-bond acceptors (Lipinski definition) is 6. The van der Waals surface area contributed by atoms with Gasteiger partial charge in [0.15, 0.2) is 0 Å². The summed E-state index contributed by atoms with van der Waals surface area (Å²) < 4.78 is 6.60. The van der Waals surface area contributed by atoms with E-state index in [1.165, 1.54) is 22.7 Å². The second-order valence-corrected chi connectivity index (χ2v) is 10.3. The summed E-state index contributed by atoms with van der Waals surface area (Å²) in [4.78, 5) is 39.8. The molecule has 0 radical (unpaired) electrons. The summed E-state index contributed by atoms with van der Waals surface area (Å²) in [5.41, 5.74) is -0.776. The zero-order chi connectivity index (χ0) is 19.4. The maximum Gasteiger partial charge on any atom is 0.342 e. The molecule has 7 heteroatoms. The summed E-state index contributed by atoms with van der Waals surface area (Å²) in [6, 6.07) is 0. The summed E-state index contributed by atoms with van der Waals surface area (Å²) in [7, 11) is 0. The molecule has 1 saturated carbocycles. The van der Waals surface area contributed by atoms with Gasteiger partial charge in [0.1, 0.15) is 22.5 Å². The van der Waals surface area contributed by atoms with E-state index in [9.17, 15) is 14.4 Å². The minimum atomic E-state index is -0.619. The highest BCUT2D eigenvalue weighted by atomic mass is 32.1. The van der Waals surface area contributed by atoms with Gasteiger partial charge in [-0.05, 0) is 33.6 Å². The van der Waals surface area contributed by atoms with Gasteiger partial charge < -0.3 is 14.4 Å². The lowest BCUT2D eigenvalue weighted by atomic mass is 9.69. The molecule has 2 aromatic rings. The predicted molar refractivity (Wildman–Crippen MR) is 108 cm³/mol. The lowest BCUT2D eigenvalue weighted by molar-refractivity contribution is -0.128. The van der Waals surface area contributed by atoms with Crippen molar-refractivity contribution in [3.8, 4) is 0 Å². The van der Waals surface area contributed by atoms with Crippen LogP contribution in [0, 0.1) is 11.3 Å². The van der Waals surface area contributed by atoms with Gasteiger partial charge in [-0.1, -0.05) is 12.8 Å². The Labute approximate surface area is 166 Å². The van der Waals surface area contributed by atoms with Crippen molar-refractivity contribution in [1.29, 1.82) is 0 Å². The van der Waals surface area contributed by atoms with Gasteiger partial charge in [0.2, 0.25) is 5.91 Å². The van der Waals surface area contributed by atoms with Crippen molar-refractivity contribution in [1.82, 2.24) is 0 Å². The fourth-order valence-electron chi connectivity index (χ4n) is 4.27. The van der Waals surface area contributed by atoms with Gasteiger partial charge in [0, 0.05) is 27.4 Å². The maximum atomic E-state index is 13.2. The average Bonchev–Trinajstić information content (AvgIpc) is 3.25. The van der Waals surface area contributed by atoms with Gasteiger partial charge in [0.25, 0.3) is 0 Å². The molecule has 1 aliphatic heterocycles. The molecule has 3 heterocycles. The number of fused-ring (bicyclic) bond motifs is 2. The lowest BCUT2D eigenvalue weighted by Crippen LogP contribution is -2.35. The van der Waals surface area contributed by atoms with Crippen LogP contribution in [-0.4, -0.2) is 30.3 Å². The first-order chi connectivity index (χ1) is 12.8. The largest absolute Gasteiger partial charge is 0.456 e. The first-order valence-corrected chi connectivity index (χ1v) is 11.0. The Balaban J connectivity index is 1.79. The summed E-state index contributed by atoms with van der Waals surface area (Å²) in [6.45, 7) is 5.86. The first kappa shape index (κ1) is 18.6. The minimum Gasteiger partial charge on any atom is -0.456 e. The molecule has 2 unspecified atom stereocenters. The van der Waals surface area contributed by atoms with Crippen LogP contribution in [0.15, 0.2) is 10.8 Å². The minimum absolute atomic E-state index is 0.0285. The van der Waals surface area contributed by atoms with Crippen LogP contribution in [-0.2, 0) is 14.3 Å². The lowest BCUT2D eigenvalue weighted by Gasteiger charge is -2.31. The smallest absolute Gasteiger partial charge is 0.342 e. The quantitative estimate of drug-likeness (QED) is 0.551. The Morgan fingerprint density at radius 1 is 1.33 bits per heavy atom. The van der Waals surface area contributed by atoms with Gasteiger partial charge in [-0.15, -0.1) is 11.3 Å². The second-order valence-electron chi connectivity index (χ2n) is 8.51. The van der Waals surface area contributed by atoms with Crippen molar-refractivity contribution in [3.05, 3.63) is 16.3 Å². The van der Waals surface area contributed by atoms with E-state index in [0.29, 0.717) is 17.1 Å². The molecule has 4 rings (SSSR count). The van der Waals surface area contributed by atoms with E-state index in [4.69, 9.17) is 4.74 Å². The third-order valence-corrected chi connectivity index (χ3v) is 7.56. The van der Waals surface area contributed by atoms with Gasteiger partial charge in [0.05, 0.1) is 11.3 Å². The predicted octanol–water partition coefficient (Wildman–Crippen LogP) is 4.64. The number of ether oxygens (including phenoxy) is 1. The molecule has 1 amide bonds. The van der Waals surface area contributed by atoms with Crippen LogP contribution in [0.4, 0.5) is 5.00 Å². The first-order valence-electron chi connectivity index (χ1n) is 9.25. The number of rotatable bonds is 3. The molecule has 0 N–H and O–H groups in total. The highest BCUT2D eigenvalue weighted by molar-refractivity contribution is 7.26. The summed E-state index contributed by atoms with van der Waals surface area (Å²) in [6.07, 6.45) is 4.41. The third kappa shape index (κ3) is 3.01. The van der Waals surface area contributed by atoms with Crippen LogP contribution >= 0.6 is 22.7 Å². The topological polar surface area (TPSA) is 63.7 Å². The van der Waals surface area contributed by atoms with Crippen LogP contribution in [0.25, 0.3) is 10.1 Å². The molecule has 2 aliphatic rings. The monoisotopic (exact) mass is 405 g/mol. The number of carbonyl (C=O) groups excluding carboxylic acids is 3. The number of esters is 1. The number of hydrogen-bond donors (Lipinski definition) is 0. The molecule has 0 spiro atoms. The number of nitrogens with zero attached hydrogens (tertiary/aromatic N) is 1. The second kappa shape index (κ2) is 6.41. The molecular formula is C20H23NO4S2. The van der Waals surface area contributed by atoms with Crippen molar-refractivity contribution in [2.24, 2.45) is 11.3 Å². The molecule has 144 valence electrons. The van der Waals surface area contributed by atoms with E-state index >= 15 is 0 Å². The fourth-order valence-corrected chi connectivity index (χ4v) is 6.44. The van der Waals surface area contributed by atoms with E-state index < -0.39 is 17.0 Å². The molecule has 27 heavy (non-hydrogen) atoms. The molecule has 1 saturated heterocycles. The van der Waals surface area contributed by atoms with Crippen molar-refractivity contribution in [2.75, 3.05) is 11.4 Å². The zero-order valence-corrected chi connectivity index (χ0v) is 17.4. The molecule has 0 aromatic carbocycles. The SMILES string of the molecule is CC(C)(C)OC(=O)c1c(N2CC3(C=O)CCCCC3C2=O)sc2cscc12. The van der Waals surface area contributed by atoms with E-state index in [0.717, 1.165) is 42.1 Å². The van der Waals surface area contributed by atoms with Crippen LogP contribution < -0.4 is 4.90 Å². The van der Waals surface area contributed by atoms with Crippen LogP contribution in [0.1, 0.15) is 56.8 Å². The number of carbonyl (C=O) groups is 3. The molecule has 2 aromatic heterocycles. The zero-order valence-electron chi connectivity index (χ0n) is 15.7. The fraction of sp³-hybridized carbons (Fsp3) is 0.550. The molecule has 2 atom stereocenters. The van der Waals surface area contributed by atoms with Crippen LogP contribution in [0.3, 0.4) is 0 Å². The molecular weight excluding hydrogens is 382 g/mol. The van der Waals surface area contributed by atoms with E-state index in [2.05, 4.69) is 0 Å². The maximum absolute atomic E-state index is 13.2. The van der Waals surface area contributed by atoms with Gasteiger partial charge in [-0.2, -0.15) is 11.3 Å². The summed E-state index contributed by atoms with van der Waals surface area (Å²) in [5, 5.41) is 5.37. The van der Waals surface area contributed by atoms with Crippen LogP contribution in [0.2, 0.25) is 0 Å². The Hall–Kier alpha value is -1.73. The van der Waals surface area contributed by atoms with Crippen molar-refractivity contribution in [3.63, 3.8) is 0 Å². The summed E-state index contributed by atoms with van der Waals surface area (Å²) >= 11 is 2.97. The molecule has 5 nitrogen and oxygen atoms in total. The van der Waals surface area contributed by atoms with E-state index in [1.54, 1.807) is 4.90 Å². The Kier molecular flexibility index (Phi) is 4.42. The van der Waals surface area contributed by atoms with Gasteiger partial charge in [-0.25, -0.2) is 4.79 Å². The highest BCUT2D eigenvalue weighted by Gasteiger charge is 2.54. The van der Waals surface area contributed by atoms with Crippen molar-refractivity contribution >= 4 is 55.9 Å². The molecule has 1 aliphatic carbocycles. The van der Waals surface area contributed by atoms with Gasteiger partial charge >= 0.3 is 5.97 Å². The summed E-state index contributed by atoms with van der Waals surface area (Å²) in [5.74, 6) is -0.710. The Morgan fingerprint density at radius 2 is 2.11 bits per heavy atom. The van der Waals surface area contributed by atoms with Crippen LogP contribution in [0.5, 0.6) is 0 Å². The Morgan fingerprint density at radius 3 is 2.78 bits per heavy atom. The average molecular weight is 406 g/mol. The number of amides is 1.